The number of urea groups is 1. The summed E-state index contributed by atoms with van der Waals surface area (Å²) in [5, 5.41) is 0. The van der Waals surface area contributed by atoms with Gasteiger partial charge in [-0.25, -0.2) is 4.79 Å². The minimum absolute atomic E-state index is 0.249. The fourth-order valence-corrected chi connectivity index (χ4v) is 2.35. The molecule has 2 rings (SSSR count). The average molecular weight is 180 g/mol. The normalized spacial score (nSPS) is 32.8. The van der Waals surface area contributed by atoms with Crippen LogP contribution in [-0.4, -0.2) is 23.5 Å². The molecular weight excluding hydrogens is 164 g/mol. The number of fused-ring (bicyclic) bond motifs is 3. The number of nitrogens with zero attached hydrogens (tertiary/aromatic N) is 1. The smallest absolute Gasteiger partial charge is 0.315 e. The van der Waals surface area contributed by atoms with Crippen LogP contribution in [0.4, 0.5) is 4.79 Å². The number of primary amides is 1. The first kappa shape index (κ1) is 8.60. The minimum Gasteiger partial charge on any atom is -0.351 e. The van der Waals surface area contributed by atoms with Gasteiger partial charge in [0.15, 0.2) is 0 Å². The summed E-state index contributed by atoms with van der Waals surface area (Å²) < 4.78 is 0. The third kappa shape index (κ3) is 1.69. The molecule has 13 heavy (non-hydrogen) atoms. The van der Waals surface area contributed by atoms with Gasteiger partial charge in [-0.1, -0.05) is 12.2 Å². The van der Waals surface area contributed by atoms with Gasteiger partial charge in [0.25, 0.3) is 0 Å². The number of likely N-dealkylation sites (tertiary alicyclic amines) is 1. The van der Waals surface area contributed by atoms with Gasteiger partial charge in [0.05, 0.1) is 0 Å². The lowest BCUT2D eigenvalue weighted by Gasteiger charge is -2.27. The molecule has 3 heteroatoms. The second-order valence-corrected chi connectivity index (χ2v) is 3.98. The fraction of sp³-hybridized carbons (Fsp3) is 0.700. The van der Waals surface area contributed by atoms with Gasteiger partial charge in [0.2, 0.25) is 0 Å². The number of rotatable bonds is 0. The molecule has 2 aliphatic rings. The van der Waals surface area contributed by atoms with Gasteiger partial charge in [-0.3, -0.25) is 0 Å². The zero-order chi connectivity index (χ0) is 9.26. The van der Waals surface area contributed by atoms with Crippen LogP contribution in [0.5, 0.6) is 0 Å². The number of hydrogen-bond donors (Lipinski definition) is 1. The molecule has 2 amide bonds. The van der Waals surface area contributed by atoms with Crippen LogP contribution in [0.2, 0.25) is 0 Å². The number of carbonyl (C=O) groups excluding carboxylic acids is 1. The van der Waals surface area contributed by atoms with E-state index in [-0.39, 0.29) is 6.03 Å². The number of hydrogen-bond acceptors (Lipinski definition) is 1. The van der Waals surface area contributed by atoms with Crippen molar-refractivity contribution in [3.63, 3.8) is 0 Å². The highest BCUT2D eigenvalue weighted by atomic mass is 16.2. The lowest BCUT2D eigenvalue weighted by molar-refractivity contribution is 0.184. The number of allylic oxidation sites excluding steroid dienone is 1. The van der Waals surface area contributed by atoms with Crippen molar-refractivity contribution in [1.29, 1.82) is 0 Å². The van der Waals surface area contributed by atoms with Crippen molar-refractivity contribution in [1.82, 2.24) is 4.90 Å². The van der Waals surface area contributed by atoms with E-state index >= 15 is 0 Å². The molecule has 0 aromatic heterocycles. The van der Waals surface area contributed by atoms with E-state index < -0.39 is 0 Å². The Balaban J connectivity index is 2.16. The van der Waals surface area contributed by atoms with Crippen LogP contribution in [0.3, 0.4) is 0 Å². The van der Waals surface area contributed by atoms with Crippen molar-refractivity contribution in [2.75, 3.05) is 6.54 Å². The van der Waals surface area contributed by atoms with E-state index in [0.717, 1.165) is 25.8 Å². The summed E-state index contributed by atoms with van der Waals surface area (Å²) >= 11 is 0. The Morgan fingerprint density at radius 1 is 1.38 bits per heavy atom. The lowest BCUT2D eigenvalue weighted by atomic mass is 10.0. The molecule has 1 fully saturated rings. The summed E-state index contributed by atoms with van der Waals surface area (Å²) in [6.45, 7) is 0.842. The highest BCUT2D eigenvalue weighted by Gasteiger charge is 2.27. The standard InChI is InChI=1S/C10H16N2O/c11-10(13)12-7-6-8-2-1-3-9(12)5-4-8/h1-2,8-9H,3-7H2,(H2,11,13). The van der Waals surface area contributed by atoms with E-state index in [9.17, 15) is 4.79 Å². The Kier molecular flexibility index (Phi) is 2.25. The quantitative estimate of drug-likeness (QED) is 0.564. The summed E-state index contributed by atoms with van der Waals surface area (Å²) in [6.07, 6.45) is 8.90. The monoisotopic (exact) mass is 180 g/mol. The summed E-state index contributed by atoms with van der Waals surface area (Å²) in [5.74, 6) is 0.675. The van der Waals surface area contributed by atoms with Crippen LogP contribution >= 0.6 is 0 Å². The molecule has 1 aliphatic carbocycles. The van der Waals surface area contributed by atoms with E-state index in [1.54, 1.807) is 0 Å². The first-order valence-corrected chi connectivity index (χ1v) is 5.00. The van der Waals surface area contributed by atoms with Crippen LogP contribution in [0.1, 0.15) is 25.7 Å². The Bertz CT molecular complexity index is 237. The zero-order valence-corrected chi connectivity index (χ0v) is 7.78. The van der Waals surface area contributed by atoms with Gasteiger partial charge in [0.1, 0.15) is 0 Å². The van der Waals surface area contributed by atoms with Gasteiger partial charge in [-0.2, -0.15) is 0 Å². The van der Waals surface area contributed by atoms with Gasteiger partial charge in [-0.15, -0.1) is 0 Å². The lowest BCUT2D eigenvalue weighted by Crippen LogP contribution is -2.43. The van der Waals surface area contributed by atoms with E-state index in [0.29, 0.717) is 12.0 Å². The van der Waals surface area contributed by atoms with Gasteiger partial charge >= 0.3 is 6.03 Å². The Morgan fingerprint density at radius 3 is 3.00 bits per heavy atom. The highest BCUT2D eigenvalue weighted by Crippen LogP contribution is 2.28. The Labute approximate surface area is 78.6 Å². The van der Waals surface area contributed by atoms with Crippen LogP contribution < -0.4 is 5.73 Å². The molecule has 1 aliphatic heterocycles. The summed E-state index contributed by atoms with van der Waals surface area (Å²) in [4.78, 5) is 13.0. The van der Waals surface area contributed by atoms with Crippen LogP contribution in [-0.2, 0) is 0 Å². The molecular formula is C10H16N2O. The molecule has 0 aromatic rings. The molecule has 1 heterocycles. The fourth-order valence-electron chi connectivity index (χ4n) is 2.35. The number of amides is 2. The summed E-state index contributed by atoms with van der Waals surface area (Å²) in [5.41, 5.74) is 5.34. The summed E-state index contributed by atoms with van der Waals surface area (Å²) in [6, 6.07) is 0.113. The predicted molar refractivity (Wildman–Crippen MR) is 51.2 cm³/mol. The van der Waals surface area contributed by atoms with Gasteiger partial charge < -0.3 is 10.6 Å². The van der Waals surface area contributed by atoms with Gasteiger partial charge in [-0.05, 0) is 31.6 Å². The molecule has 3 nitrogen and oxygen atoms in total. The van der Waals surface area contributed by atoms with Crippen molar-refractivity contribution in [3.05, 3.63) is 12.2 Å². The molecule has 2 N–H and O–H groups in total. The topological polar surface area (TPSA) is 46.3 Å². The van der Waals surface area contributed by atoms with E-state index in [2.05, 4.69) is 12.2 Å². The predicted octanol–water partition coefficient (Wildman–Crippen LogP) is 1.50. The third-order valence-electron chi connectivity index (χ3n) is 3.15. The van der Waals surface area contributed by atoms with Crippen molar-refractivity contribution in [3.8, 4) is 0 Å². The summed E-state index contributed by atoms with van der Waals surface area (Å²) in [7, 11) is 0. The molecule has 2 unspecified atom stereocenters. The van der Waals surface area contributed by atoms with E-state index in [1.165, 1.54) is 6.42 Å². The maximum Gasteiger partial charge on any atom is 0.315 e. The van der Waals surface area contributed by atoms with E-state index in [4.69, 9.17) is 5.73 Å². The average Bonchev–Trinajstić information content (AvgIpc) is 2.35. The second kappa shape index (κ2) is 3.40. The van der Waals surface area contributed by atoms with Crippen molar-refractivity contribution in [2.24, 2.45) is 11.7 Å². The Hall–Kier alpha value is -0.990. The van der Waals surface area contributed by atoms with Crippen LogP contribution in [0, 0.1) is 5.92 Å². The Morgan fingerprint density at radius 2 is 2.23 bits per heavy atom. The SMILES string of the molecule is NC(=O)N1CCC2C=CCC1CC2. The molecule has 0 radical (unpaired) electrons. The van der Waals surface area contributed by atoms with Crippen molar-refractivity contribution >= 4 is 6.03 Å². The molecule has 0 spiro atoms. The van der Waals surface area contributed by atoms with Crippen LogP contribution in [0.25, 0.3) is 0 Å². The third-order valence-corrected chi connectivity index (χ3v) is 3.15. The number of nitrogens with two attached hydrogens (primary N) is 1. The minimum atomic E-state index is -0.249. The highest BCUT2D eigenvalue weighted by molar-refractivity contribution is 5.72. The second-order valence-electron chi connectivity index (χ2n) is 3.98. The first-order valence-electron chi connectivity index (χ1n) is 5.00. The molecule has 2 bridgehead atoms. The number of carbonyl (C=O) groups is 1. The van der Waals surface area contributed by atoms with Gasteiger partial charge in [0, 0.05) is 12.6 Å². The molecule has 2 atom stereocenters. The van der Waals surface area contributed by atoms with Crippen molar-refractivity contribution in [2.45, 2.75) is 31.7 Å². The van der Waals surface area contributed by atoms with E-state index in [1.807, 2.05) is 4.90 Å². The molecule has 1 saturated heterocycles. The molecule has 72 valence electrons. The zero-order valence-electron chi connectivity index (χ0n) is 7.78. The maximum absolute atomic E-state index is 11.1. The molecule has 0 aromatic carbocycles. The maximum atomic E-state index is 11.1. The van der Waals surface area contributed by atoms with Crippen LogP contribution in [0.15, 0.2) is 12.2 Å². The molecule has 0 saturated carbocycles. The largest absolute Gasteiger partial charge is 0.351 e. The first-order chi connectivity index (χ1) is 6.27. The van der Waals surface area contributed by atoms with Crippen molar-refractivity contribution < 1.29 is 4.79 Å².